The van der Waals surface area contributed by atoms with Crippen molar-refractivity contribution in [1.29, 1.82) is 5.26 Å². The van der Waals surface area contributed by atoms with Crippen molar-refractivity contribution in [2.75, 3.05) is 0 Å². The van der Waals surface area contributed by atoms with Crippen molar-refractivity contribution in [2.24, 2.45) is 0 Å². The Morgan fingerprint density at radius 1 is 1.15 bits per heavy atom. The van der Waals surface area contributed by atoms with Gasteiger partial charge in [-0.1, -0.05) is 11.2 Å². The van der Waals surface area contributed by atoms with Gasteiger partial charge >= 0.3 is 0 Å². The van der Waals surface area contributed by atoms with Crippen LogP contribution in [0.25, 0.3) is 11.5 Å². The lowest BCUT2D eigenvalue weighted by Gasteiger charge is -1.94. The molecule has 0 saturated carbocycles. The molecule has 0 atom stereocenters. The highest BCUT2D eigenvalue weighted by molar-refractivity contribution is 5.54. The fourth-order valence-corrected chi connectivity index (χ4v) is 1.73. The quantitative estimate of drug-likeness (QED) is 0.718. The Hall–Kier alpha value is -3.07. The smallest absolute Gasteiger partial charge is 0.258 e. The van der Waals surface area contributed by atoms with Crippen LogP contribution in [-0.2, 0) is 6.42 Å². The SMILES string of the molecule is N#Cc1cc(-c2nc(Cc3ccccn3)no2)ccn1. The van der Waals surface area contributed by atoms with E-state index in [1.807, 2.05) is 24.3 Å². The molecule has 0 N–H and O–H groups in total. The average Bonchev–Trinajstić information content (AvgIpc) is 2.97. The molecule has 0 amide bonds. The summed E-state index contributed by atoms with van der Waals surface area (Å²) in [6.07, 6.45) is 3.76. The topological polar surface area (TPSA) is 88.5 Å². The molecule has 0 fully saturated rings. The first-order valence-corrected chi connectivity index (χ1v) is 5.94. The maximum atomic E-state index is 8.82. The van der Waals surface area contributed by atoms with Crippen molar-refractivity contribution in [3.63, 3.8) is 0 Å². The molecule has 6 heteroatoms. The molecule has 3 aromatic heterocycles. The Morgan fingerprint density at radius 3 is 2.90 bits per heavy atom. The fourth-order valence-electron chi connectivity index (χ4n) is 1.73. The van der Waals surface area contributed by atoms with Gasteiger partial charge in [-0.05, 0) is 24.3 Å². The van der Waals surface area contributed by atoms with Gasteiger partial charge in [0.2, 0.25) is 0 Å². The summed E-state index contributed by atoms with van der Waals surface area (Å²) in [5.41, 5.74) is 1.86. The largest absolute Gasteiger partial charge is 0.334 e. The van der Waals surface area contributed by atoms with E-state index < -0.39 is 0 Å². The molecule has 96 valence electrons. The Labute approximate surface area is 114 Å². The minimum Gasteiger partial charge on any atom is -0.334 e. The summed E-state index contributed by atoms with van der Waals surface area (Å²) < 4.78 is 5.20. The summed E-state index contributed by atoms with van der Waals surface area (Å²) in [5, 5.41) is 12.7. The maximum absolute atomic E-state index is 8.82. The predicted octanol–water partition coefficient (Wildman–Crippen LogP) is 1.99. The first-order valence-electron chi connectivity index (χ1n) is 5.94. The van der Waals surface area contributed by atoms with E-state index in [2.05, 4.69) is 20.1 Å². The molecule has 0 aliphatic carbocycles. The van der Waals surface area contributed by atoms with Gasteiger partial charge in [0.15, 0.2) is 5.82 Å². The number of nitrogens with zero attached hydrogens (tertiary/aromatic N) is 5. The van der Waals surface area contributed by atoms with E-state index in [1.165, 1.54) is 6.20 Å². The van der Waals surface area contributed by atoms with Gasteiger partial charge in [-0.15, -0.1) is 0 Å². The third kappa shape index (κ3) is 2.52. The second-order valence-electron chi connectivity index (χ2n) is 4.06. The van der Waals surface area contributed by atoms with Crippen LogP contribution in [-0.4, -0.2) is 20.1 Å². The zero-order valence-electron chi connectivity index (χ0n) is 10.4. The van der Waals surface area contributed by atoms with Crippen molar-refractivity contribution in [3.05, 3.63) is 59.9 Å². The summed E-state index contributed by atoms with van der Waals surface area (Å²) in [7, 11) is 0. The summed E-state index contributed by atoms with van der Waals surface area (Å²) in [4.78, 5) is 12.4. The van der Waals surface area contributed by atoms with Crippen molar-refractivity contribution < 1.29 is 4.52 Å². The number of rotatable bonds is 3. The van der Waals surface area contributed by atoms with Gasteiger partial charge in [0, 0.05) is 23.7 Å². The zero-order valence-corrected chi connectivity index (χ0v) is 10.4. The van der Waals surface area contributed by atoms with Gasteiger partial charge < -0.3 is 4.52 Å². The summed E-state index contributed by atoms with van der Waals surface area (Å²) in [6.45, 7) is 0. The molecule has 0 unspecified atom stereocenters. The van der Waals surface area contributed by atoms with E-state index >= 15 is 0 Å². The average molecular weight is 263 g/mol. The number of hydrogen-bond donors (Lipinski definition) is 0. The molecule has 3 rings (SSSR count). The molecular weight excluding hydrogens is 254 g/mol. The van der Waals surface area contributed by atoms with Gasteiger partial charge in [-0.2, -0.15) is 10.2 Å². The van der Waals surface area contributed by atoms with Gasteiger partial charge in [-0.3, -0.25) is 4.98 Å². The van der Waals surface area contributed by atoms with E-state index in [4.69, 9.17) is 9.78 Å². The lowest BCUT2D eigenvalue weighted by molar-refractivity contribution is 0.423. The molecule has 0 bridgehead atoms. The first-order chi connectivity index (χ1) is 9.85. The molecule has 0 aromatic carbocycles. The first kappa shape index (κ1) is 12.0. The predicted molar refractivity (Wildman–Crippen MR) is 69.3 cm³/mol. The third-order valence-corrected chi connectivity index (χ3v) is 2.65. The van der Waals surface area contributed by atoms with E-state index in [-0.39, 0.29) is 0 Å². The van der Waals surface area contributed by atoms with Crippen LogP contribution in [0.5, 0.6) is 0 Å². The summed E-state index contributed by atoms with van der Waals surface area (Å²) >= 11 is 0. The van der Waals surface area contributed by atoms with Crippen LogP contribution < -0.4 is 0 Å². The molecule has 0 aliphatic heterocycles. The molecule has 0 saturated heterocycles. The van der Waals surface area contributed by atoms with Crippen molar-refractivity contribution >= 4 is 0 Å². The lowest BCUT2D eigenvalue weighted by atomic mass is 10.2. The van der Waals surface area contributed by atoms with Gasteiger partial charge in [0.05, 0.1) is 6.42 Å². The number of nitriles is 1. The second kappa shape index (κ2) is 5.28. The highest BCUT2D eigenvalue weighted by Crippen LogP contribution is 2.17. The maximum Gasteiger partial charge on any atom is 0.258 e. The highest BCUT2D eigenvalue weighted by Gasteiger charge is 2.10. The second-order valence-corrected chi connectivity index (χ2v) is 4.06. The molecule has 3 aromatic rings. The summed E-state index contributed by atoms with van der Waals surface area (Å²) in [5.74, 6) is 0.920. The van der Waals surface area contributed by atoms with Crippen molar-refractivity contribution in [1.82, 2.24) is 20.1 Å². The fraction of sp³-hybridized carbons (Fsp3) is 0.0714. The lowest BCUT2D eigenvalue weighted by Crippen LogP contribution is -1.93. The minimum atomic E-state index is 0.312. The standard InChI is InChI=1S/C14H9N5O/c15-9-12-7-10(4-6-17-12)14-18-13(19-20-14)8-11-3-1-2-5-16-11/h1-7H,8H2. The normalized spacial score (nSPS) is 10.2. The number of hydrogen-bond acceptors (Lipinski definition) is 6. The van der Waals surface area contributed by atoms with Crippen LogP contribution in [0.4, 0.5) is 0 Å². The Kier molecular flexibility index (Phi) is 3.17. The Balaban J connectivity index is 1.85. The third-order valence-electron chi connectivity index (χ3n) is 2.65. The van der Waals surface area contributed by atoms with Gasteiger partial charge in [0.1, 0.15) is 11.8 Å². The Morgan fingerprint density at radius 2 is 2.10 bits per heavy atom. The molecule has 3 heterocycles. The van der Waals surface area contributed by atoms with Crippen LogP contribution in [0, 0.1) is 11.3 Å². The van der Waals surface area contributed by atoms with Crippen LogP contribution in [0.2, 0.25) is 0 Å². The number of aromatic nitrogens is 4. The van der Waals surface area contributed by atoms with Crippen LogP contribution >= 0.6 is 0 Å². The van der Waals surface area contributed by atoms with Gasteiger partial charge in [-0.25, -0.2) is 4.98 Å². The van der Waals surface area contributed by atoms with E-state index in [0.717, 1.165) is 5.69 Å². The van der Waals surface area contributed by atoms with Crippen molar-refractivity contribution in [2.45, 2.75) is 6.42 Å². The minimum absolute atomic E-state index is 0.312. The monoisotopic (exact) mass is 263 g/mol. The van der Waals surface area contributed by atoms with E-state index in [1.54, 1.807) is 18.3 Å². The molecule has 0 radical (unpaired) electrons. The molecule has 6 nitrogen and oxygen atoms in total. The Bertz CT molecular complexity index is 760. The van der Waals surface area contributed by atoms with Crippen LogP contribution in [0.15, 0.2) is 47.2 Å². The van der Waals surface area contributed by atoms with Crippen LogP contribution in [0.3, 0.4) is 0 Å². The van der Waals surface area contributed by atoms with E-state index in [9.17, 15) is 0 Å². The molecule has 0 aliphatic rings. The highest BCUT2D eigenvalue weighted by atomic mass is 16.5. The summed E-state index contributed by atoms with van der Waals surface area (Å²) in [6, 6.07) is 11.0. The molecule has 0 spiro atoms. The number of pyridine rings is 2. The van der Waals surface area contributed by atoms with Crippen molar-refractivity contribution in [3.8, 4) is 17.5 Å². The molecule has 20 heavy (non-hydrogen) atoms. The van der Waals surface area contributed by atoms with Crippen LogP contribution in [0.1, 0.15) is 17.2 Å². The molecular formula is C14H9N5O. The van der Waals surface area contributed by atoms with E-state index in [0.29, 0.717) is 29.4 Å². The zero-order chi connectivity index (χ0) is 13.8. The van der Waals surface area contributed by atoms with Gasteiger partial charge in [0.25, 0.3) is 5.89 Å².